The van der Waals surface area contributed by atoms with Gasteiger partial charge in [0.05, 0.1) is 63.5 Å². The van der Waals surface area contributed by atoms with Crippen molar-refractivity contribution in [2.75, 3.05) is 53.4 Å². The van der Waals surface area contributed by atoms with E-state index in [1.807, 2.05) is 6.92 Å². The summed E-state index contributed by atoms with van der Waals surface area (Å²) in [5, 5.41) is 62.2. The number of aliphatic hydroxyl groups is 4. The van der Waals surface area contributed by atoms with Crippen LogP contribution >= 0.6 is 0 Å². The Hall–Kier alpha value is -4.82. The summed E-state index contributed by atoms with van der Waals surface area (Å²) >= 11 is 0. The Balaban J connectivity index is 2.54. The number of unbranched alkanes of at least 4 members (excludes halogenated alkanes) is 15. The monoisotopic (exact) mass is 1040 g/mol. The number of nitrogens with one attached hydrogen (secondary N) is 9. The number of imidazole rings is 1. The SMILES string of the molecule is CCCCCCCCCCCCCCCCCC(=O)NCOCCOCC(=O)NCC(=O)NC(CO)C(O)N[C@@H](CCC(N)=O)C(=O)N[C@@H](Cc1cnc[nH]1)C(=O)N[C@@H](CO)C(O)N[C@@H](CCCC)C(=O)NC. The van der Waals surface area contributed by atoms with Crippen LogP contribution in [0.25, 0.3) is 0 Å². The number of nitrogens with two attached hydrogens (primary N) is 1. The lowest BCUT2D eigenvalue weighted by atomic mass is 10.0. The molecule has 0 saturated carbocycles. The first-order chi connectivity index (χ1) is 35.2. The van der Waals surface area contributed by atoms with Gasteiger partial charge in [0.15, 0.2) is 0 Å². The zero-order valence-corrected chi connectivity index (χ0v) is 43.7. The Bertz CT molecular complexity index is 1660. The number of rotatable bonds is 47. The van der Waals surface area contributed by atoms with E-state index in [2.05, 4.69) is 59.4 Å². The summed E-state index contributed by atoms with van der Waals surface area (Å²) in [7, 11) is 1.43. The molecule has 7 atom stereocenters. The third kappa shape index (κ3) is 32.9. The van der Waals surface area contributed by atoms with Crippen LogP contribution in [0.5, 0.6) is 0 Å². The molecule has 0 saturated heterocycles. The third-order valence-corrected chi connectivity index (χ3v) is 12.0. The first kappa shape index (κ1) is 66.2. The van der Waals surface area contributed by atoms with E-state index in [4.69, 9.17) is 15.2 Å². The van der Waals surface area contributed by atoms with Gasteiger partial charge < -0.3 is 72.5 Å². The van der Waals surface area contributed by atoms with Gasteiger partial charge in [0.2, 0.25) is 41.4 Å². The number of nitrogens with zero attached hydrogens (tertiary/aromatic N) is 1. The molecule has 0 radical (unpaired) electrons. The van der Waals surface area contributed by atoms with Crippen LogP contribution in [0.1, 0.15) is 154 Å². The minimum Gasteiger partial charge on any atom is -0.394 e. The summed E-state index contributed by atoms with van der Waals surface area (Å²) in [6.45, 7) is 1.69. The highest BCUT2D eigenvalue weighted by Crippen LogP contribution is 2.14. The highest BCUT2D eigenvalue weighted by Gasteiger charge is 2.33. The Kier molecular flexibility index (Phi) is 38.6. The van der Waals surface area contributed by atoms with Crippen molar-refractivity contribution in [2.24, 2.45) is 5.73 Å². The predicted molar refractivity (Wildman–Crippen MR) is 272 cm³/mol. The van der Waals surface area contributed by atoms with Crippen molar-refractivity contribution in [1.82, 2.24) is 52.5 Å². The smallest absolute Gasteiger partial charge is 0.246 e. The molecule has 0 bridgehead atoms. The number of amides is 7. The van der Waals surface area contributed by atoms with Crippen molar-refractivity contribution < 1.29 is 63.5 Å². The fraction of sp³-hybridized carbons (Fsp3) is 0.796. The highest BCUT2D eigenvalue weighted by molar-refractivity contribution is 5.90. The normalized spacial score (nSPS) is 14.2. The van der Waals surface area contributed by atoms with Crippen LogP contribution in [0.15, 0.2) is 12.5 Å². The molecule has 0 aromatic carbocycles. The zero-order valence-electron chi connectivity index (χ0n) is 43.7. The van der Waals surface area contributed by atoms with Crippen molar-refractivity contribution in [3.63, 3.8) is 0 Å². The third-order valence-electron chi connectivity index (χ3n) is 12.0. The number of primary amides is 1. The van der Waals surface area contributed by atoms with Crippen molar-refractivity contribution in [3.8, 4) is 0 Å². The summed E-state index contributed by atoms with van der Waals surface area (Å²) in [6.07, 6.45) is 19.4. The molecule has 0 aliphatic carbocycles. The summed E-state index contributed by atoms with van der Waals surface area (Å²) in [5.41, 5.74) is 5.74. The molecule has 7 amide bonds. The molecule has 0 aliphatic heterocycles. The van der Waals surface area contributed by atoms with Crippen LogP contribution in [-0.4, -0.2) is 168 Å². The summed E-state index contributed by atoms with van der Waals surface area (Å²) in [4.78, 5) is 95.6. The lowest BCUT2D eigenvalue weighted by Gasteiger charge is -2.30. The van der Waals surface area contributed by atoms with Gasteiger partial charge in [-0.2, -0.15) is 0 Å². The molecule has 0 fully saturated rings. The van der Waals surface area contributed by atoms with Crippen LogP contribution in [0, 0.1) is 0 Å². The van der Waals surface area contributed by atoms with Gasteiger partial charge in [0.1, 0.15) is 31.8 Å². The van der Waals surface area contributed by atoms with Crippen LogP contribution < -0.4 is 48.3 Å². The van der Waals surface area contributed by atoms with E-state index in [0.717, 1.165) is 25.7 Å². The molecule has 0 aliphatic rings. The average molecular weight is 1040 g/mol. The van der Waals surface area contributed by atoms with E-state index < -0.39 is 104 Å². The first-order valence-corrected chi connectivity index (χ1v) is 26.3. The van der Waals surface area contributed by atoms with E-state index >= 15 is 0 Å². The molecular weight excluding hydrogens is 951 g/mol. The number of H-pyrrole nitrogens is 1. The number of hydrogen-bond donors (Lipinski definition) is 14. The molecule has 1 rings (SSSR count). The van der Waals surface area contributed by atoms with Crippen LogP contribution in [0.4, 0.5) is 0 Å². The molecule has 24 nitrogen and oxygen atoms in total. The predicted octanol–water partition coefficient (Wildman–Crippen LogP) is -0.369. The van der Waals surface area contributed by atoms with Crippen LogP contribution in [-0.2, 0) is 49.5 Å². The standard InChI is InChI=1S/C49H91N11O13/c1-4-6-8-9-10-11-12-13-14-15-16-17-18-19-20-22-42(64)55-34-73-26-25-72-32-44(66)53-29-43(65)56-39(30-61)48(70)58-37(23-24-41(50)63)46(68)59-38(27-35-28-52-33-54-35)47(69)60-40(31-62)49(71)57-36(21-7-5-2)45(67)51-3/h28,33,36-40,48-49,57-58,61-62,70-71H,4-27,29-32,34H2,1-3H3,(H2,50,63)(H,51,67)(H,52,54)(H,53,66)(H,55,64)(H,56,65)(H,59,68)(H,60,69)/t36-,37-,38-,39?,40-,48?,49?/m0/s1. The van der Waals surface area contributed by atoms with Crippen LogP contribution in [0.2, 0.25) is 0 Å². The molecular formula is C49H91N11O13. The summed E-state index contributed by atoms with van der Waals surface area (Å²) in [6, 6.07) is -6.48. The molecule has 24 heteroatoms. The average Bonchev–Trinajstić information content (AvgIpc) is 3.89. The number of aromatic amines is 1. The number of carbonyl (C=O) groups is 7. The largest absolute Gasteiger partial charge is 0.394 e. The minimum absolute atomic E-state index is 0.00107. The number of likely N-dealkylation sites (N-methyl/N-ethyl adjacent to an activating group) is 1. The number of hydrogen-bond acceptors (Lipinski definition) is 16. The fourth-order valence-electron chi connectivity index (χ4n) is 7.64. The Morgan fingerprint density at radius 2 is 1.15 bits per heavy atom. The van der Waals surface area contributed by atoms with Gasteiger partial charge in [-0.1, -0.05) is 117 Å². The van der Waals surface area contributed by atoms with Gasteiger partial charge in [0, 0.05) is 38.2 Å². The Labute approximate surface area is 431 Å². The summed E-state index contributed by atoms with van der Waals surface area (Å²) in [5.74, 6) is -4.58. The fourth-order valence-corrected chi connectivity index (χ4v) is 7.64. The molecule has 1 aromatic rings. The maximum Gasteiger partial charge on any atom is 0.246 e. The van der Waals surface area contributed by atoms with E-state index in [9.17, 15) is 54.0 Å². The van der Waals surface area contributed by atoms with Gasteiger partial charge in [-0.05, 0) is 19.3 Å². The molecule has 3 unspecified atom stereocenters. The van der Waals surface area contributed by atoms with Crippen molar-refractivity contribution in [3.05, 3.63) is 18.2 Å². The highest BCUT2D eigenvalue weighted by atomic mass is 16.5. The zero-order chi connectivity index (χ0) is 54.1. The van der Waals surface area contributed by atoms with Gasteiger partial charge >= 0.3 is 0 Å². The first-order valence-electron chi connectivity index (χ1n) is 26.3. The Morgan fingerprint density at radius 1 is 0.616 bits per heavy atom. The maximum absolute atomic E-state index is 13.8. The van der Waals surface area contributed by atoms with Gasteiger partial charge in [-0.15, -0.1) is 0 Å². The maximum atomic E-state index is 13.8. The van der Waals surface area contributed by atoms with Gasteiger partial charge in [-0.3, -0.25) is 44.2 Å². The Morgan fingerprint density at radius 3 is 1.68 bits per heavy atom. The number of aliphatic hydroxyl groups excluding tert-OH is 4. The molecule has 1 heterocycles. The molecule has 1 aromatic heterocycles. The molecule has 15 N–H and O–H groups in total. The minimum atomic E-state index is -1.82. The van der Waals surface area contributed by atoms with Gasteiger partial charge in [0.25, 0.3) is 0 Å². The quantitative estimate of drug-likeness (QED) is 0.0293. The lowest BCUT2D eigenvalue weighted by Crippen LogP contribution is -2.62. The van der Waals surface area contributed by atoms with Crippen molar-refractivity contribution in [2.45, 2.75) is 198 Å². The van der Waals surface area contributed by atoms with E-state index in [1.165, 1.54) is 96.6 Å². The van der Waals surface area contributed by atoms with E-state index in [1.54, 1.807) is 0 Å². The van der Waals surface area contributed by atoms with Crippen molar-refractivity contribution in [1.29, 1.82) is 0 Å². The second-order valence-electron chi connectivity index (χ2n) is 18.3. The van der Waals surface area contributed by atoms with E-state index in [0.29, 0.717) is 25.0 Å². The number of ether oxygens (including phenoxy) is 2. The second-order valence-corrected chi connectivity index (χ2v) is 18.3. The van der Waals surface area contributed by atoms with E-state index in [-0.39, 0.29) is 45.1 Å². The number of aromatic nitrogens is 2. The number of carbonyl (C=O) groups excluding carboxylic acids is 7. The van der Waals surface area contributed by atoms with Crippen LogP contribution in [0.3, 0.4) is 0 Å². The molecule has 420 valence electrons. The lowest BCUT2D eigenvalue weighted by molar-refractivity contribution is -0.132. The topological polar surface area (TPSA) is 370 Å². The molecule has 0 spiro atoms. The van der Waals surface area contributed by atoms with Crippen molar-refractivity contribution >= 4 is 41.4 Å². The van der Waals surface area contributed by atoms with Gasteiger partial charge in [-0.25, -0.2) is 4.98 Å². The molecule has 73 heavy (non-hydrogen) atoms. The summed E-state index contributed by atoms with van der Waals surface area (Å²) < 4.78 is 10.6. The second kappa shape index (κ2) is 42.5.